The summed E-state index contributed by atoms with van der Waals surface area (Å²) in [6.07, 6.45) is 8.80. The lowest BCUT2D eigenvalue weighted by Crippen LogP contribution is -2.48. The van der Waals surface area contributed by atoms with Gasteiger partial charge in [-0.15, -0.1) is 5.10 Å². The van der Waals surface area contributed by atoms with E-state index in [1.54, 1.807) is 7.11 Å². The van der Waals surface area contributed by atoms with Gasteiger partial charge in [0.2, 0.25) is 5.91 Å². The van der Waals surface area contributed by atoms with Gasteiger partial charge in [-0.3, -0.25) is 9.69 Å². The summed E-state index contributed by atoms with van der Waals surface area (Å²) in [5, 5.41) is 11.6. The van der Waals surface area contributed by atoms with Gasteiger partial charge in [0.15, 0.2) is 0 Å². The van der Waals surface area contributed by atoms with Gasteiger partial charge in [-0.25, -0.2) is 4.68 Å². The number of methoxy groups -OCH3 is 1. The van der Waals surface area contributed by atoms with Gasteiger partial charge >= 0.3 is 0 Å². The Hall–Kier alpha value is -1.47. The number of ether oxygens (including phenoxy) is 1. The van der Waals surface area contributed by atoms with Crippen molar-refractivity contribution >= 4 is 5.91 Å². The summed E-state index contributed by atoms with van der Waals surface area (Å²) in [7, 11) is 1.67. The molecule has 2 saturated heterocycles. The largest absolute Gasteiger partial charge is 0.378 e. The first kappa shape index (κ1) is 15.1. The molecule has 1 aliphatic carbocycles. The van der Waals surface area contributed by atoms with Gasteiger partial charge in [-0.2, -0.15) is 0 Å². The number of nitrogens with one attached hydrogen (secondary N) is 1. The zero-order valence-corrected chi connectivity index (χ0v) is 13.6. The van der Waals surface area contributed by atoms with Crippen LogP contribution in [-0.2, 0) is 16.1 Å². The van der Waals surface area contributed by atoms with Gasteiger partial charge in [-0.1, -0.05) is 5.21 Å². The van der Waals surface area contributed by atoms with E-state index in [1.807, 2.05) is 10.9 Å². The minimum absolute atomic E-state index is 0.200. The zero-order chi connectivity index (χ0) is 15.8. The Labute approximate surface area is 136 Å². The molecule has 0 aromatic carbocycles. The van der Waals surface area contributed by atoms with Gasteiger partial charge in [0.1, 0.15) is 5.69 Å². The van der Waals surface area contributed by atoms with E-state index in [-0.39, 0.29) is 5.91 Å². The summed E-state index contributed by atoms with van der Waals surface area (Å²) >= 11 is 0. The molecule has 0 radical (unpaired) electrons. The van der Waals surface area contributed by atoms with E-state index < -0.39 is 0 Å². The molecule has 3 fully saturated rings. The number of fused-ring (bicyclic) bond motifs is 2. The van der Waals surface area contributed by atoms with Crippen LogP contribution in [-0.4, -0.2) is 57.6 Å². The standard InChI is InChI=1S/C16H25N5O2/c1-23-10-12-8-21(19-18-12)15-6-13-4-5-14(7-15)20(13)9-16(22)17-11-2-3-11/h8,11,13-15H,2-7,9-10H2,1H3,(H,17,22). The Kier molecular flexibility index (Phi) is 4.07. The molecule has 0 spiro atoms. The number of aromatic nitrogens is 3. The van der Waals surface area contributed by atoms with Gasteiger partial charge < -0.3 is 10.1 Å². The van der Waals surface area contributed by atoms with Crippen LogP contribution in [0.25, 0.3) is 0 Å². The number of amides is 1. The third-order valence-electron chi connectivity index (χ3n) is 5.35. The highest BCUT2D eigenvalue weighted by molar-refractivity contribution is 5.78. The molecule has 1 aromatic rings. The van der Waals surface area contributed by atoms with E-state index >= 15 is 0 Å². The van der Waals surface area contributed by atoms with Crippen LogP contribution in [0.15, 0.2) is 6.20 Å². The molecule has 1 N–H and O–H groups in total. The molecular formula is C16H25N5O2. The Morgan fingerprint density at radius 2 is 2.00 bits per heavy atom. The number of hydrogen-bond acceptors (Lipinski definition) is 5. The second kappa shape index (κ2) is 6.20. The second-order valence-electron chi connectivity index (χ2n) is 7.15. The van der Waals surface area contributed by atoms with E-state index in [0.29, 0.717) is 37.3 Å². The maximum absolute atomic E-state index is 12.1. The van der Waals surface area contributed by atoms with Crippen molar-refractivity contribution < 1.29 is 9.53 Å². The normalized spacial score (nSPS) is 30.6. The van der Waals surface area contributed by atoms with E-state index in [9.17, 15) is 4.79 Å². The third-order valence-corrected chi connectivity index (χ3v) is 5.35. The van der Waals surface area contributed by atoms with Crippen LogP contribution >= 0.6 is 0 Å². The van der Waals surface area contributed by atoms with Crippen molar-refractivity contribution in [2.75, 3.05) is 13.7 Å². The molecule has 3 heterocycles. The molecule has 1 saturated carbocycles. The summed E-state index contributed by atoms with van der Waals surface area (Å²) in [5.41, 5.74) is 0.881. The summed E-state index contributed by atoms with van der Waals surface area (Å²) in [6, 6.07) is 1.85. The van der Waals surface area contributed by atoms with Crippen molar-refractivity contribution in [3.05, 3.63) is 11.9 Å². The van der Waals surface area contributed by atoms with Crippen LogP contribution in [0.5, 0.6) is 0 Å². The predicted octanol–water partition coefficient (Wildman–Crippen LogP) is 0.871. The maximum Gasteiger partial charge on any atom is 0.234 e. The van der Waals surface area contributed by atoms with Gasteiger partial charge in [0, 0.05) is 25.2 Å². The zero-order valence-electron chi connectivity index (χ0n) is 13.6. The fourth-order valence-corrected chi connectivity index (χ4v) is 4.09. The van der Waals surface area contributed by atoms with Crippen molar-refractivity contribution in [1.29, 1.82) is 0 Å². The van der Waals surface area contributed by atoms with Crippen LogP contribution in [0.1, 0.15) is 50.3 Å². The Morgan fingerprint density at radius 3 is 2.65 bits per heavy atom. The molecule has 2 aliphatic heterocycles. The van der Waals surface area contributed by atoms with Crippen LogP contribution in [0.2, 0.25) is 0 Å². The lowest BCUT2D eigenvalue weighted by Gasteiger charge is -2.38. The maximum atomic E-state index is 12.1. The average molecular weight is 319 g/mol. The molecule has 23 heavy (non-hydrogen) atoms. The molecule has 3 aliphatic rings. The molecule has 2 bridgehead atoms. The summed E-state index contributed by atoms with van der Waals surface area (Å²) in [5.74, 6) is 0.200. The Morgan fingerprint density at radius 1 is 1.26 bits per heavy atom. The van der Waals surface area contributed by atoms with Gasteiger partial charge in [0.05, 0.1) is 25.4 Å². The first-order valence-electron chi connectivity index (χ1n) is 8.67. The topological polar surface area (TPSA) is 72.3 Å². The van der Waals surface area contributed by atoms with E-state index in [4.69, 9.17) is 4.74 Å². The number of piperidine rings is 1. The molecule has 1 aromatic heterocycles. The average Bonchev–Trinajstić information content (AvgIpc) is 3.17. The van der Waals surface area contributed by atoms with Crippen molar-refractivity contribution in [2.45, 2.75) is 69.3 Å². The van der Waals surface area contributed by atoms with Crippen LogP contribution in [0.4, 0.5) is 0 Å². The molecule has 7 heteroatoms. The van der Waals surface area contributed by atoms with Crippen molar-refractivity contribution in [3.63, 3.8) is 0 Å². The number of carbonyl (C=O) groups is 1. The van der Waals surface area contributed by atoms with E-state index in [2.05, 4.69) is 20.5 Å². The molecule has 2 unspecified atom stereocenters. The monoisotopic (exact) mass is 319 g/mol. The molecule has 7 nitrogen and oxygen atoms in total. The van der Waals surface area contributed by atoms with E-state index in [0.717, 1.165) is 31.4 Å². The smallest absolute Gasteiger partial charge is 0.234 e. The molecule has 2 atom stereocenters. The minimum atomic E-state index is 0.200. The second-order valence-corrected chi connectivity index (χ2v) is 7.15. The Balaban J connectivity index is 1.37. The van der Waals surface area contributed by atoms with Crippen molar-refractivity contribution in [1.82, 2.24) is 25.2 Å². The van der Waals surface area contributed by atoms with Crippen molar-refractivity contribution in [3.8, 4) is 0 Å². The first-order valence-corrected chi connectivity index (χ1v) is 8.67. The number of nitrogens with zero attached hydrogens (tertiary/aromatic N) is 4. The molecular weight excluding hydrogens is 294 g/mol. The lowest BCUT2D eigenvalue weighted by molar-refractivity contribution is -0.123. The fraction of sp³-hybridized carbons (Fsp3) is 0.812. The van der Waals surface area contributed by atoms with Crippen LogP contribution in [0.3, 0.4) is 0 Å². The van der Waals surface area contributed by atoms with Crippen LogP contribution < -0.4 is 5.32 Å². The highest BCUT2D eigenvalue weighted by Crippen LogP contribution is 2.40. The summed E-state index contributed by atoms with van der Waals surface area (Å²) < 4.78 is 7.11. The summed E-state index contributed by atoms with van der Waals surface area (Å²) in [6.45, 7) is 1.07. The molecule has 1 amide bonds. The first-order chi connectivity index (χ1) is 11.2. The molecule has 4 rings (SSSR count). The quantitative estimate of drug-likeness (QED) is 0.842. The van der Waals surface area contributed by atoms with Gasteiger partial charge in [-0.05, 0) is 38.5 Å². The number of carbonyl (C=O) groups excluding carboxylic acids is 1. The SMILES string of the molecule is COCc1cn(C2CC3CCC(C2)N3CC(=O)NC2CC2)nn1. The minimum Gasteiger partial charge on any atom is -0.378 e. The fourth-order valence-electron chi connectivity index (χ4n) is 4.09. The summed E-state index contributed by atoms with van der Waals surface area (Å²) in [4.78, 5) is 14.5. The Bertz CT molecular complexity index is 557. The highest BCUT2D eigenvalue weighted by atomic mass is 16.5. The predicted molar refractivity (Wildman–Crippen MR) is 83.7 cm³/mol. The third kappa shape index (κ3) is 3.26. The van der Waals surface area contributed by atoms with Crippen molar-refractivity contribution in [2.24, 2.45) is 0 Å². The van der Waals surface area contributed by atoms with Gasteiger partial charge in [0.25, 0.3) is 0 Å². The lowest BCUT2D eigenvalue weighted by atomic mass is 9.97. The van der Waals surface area contributed by atoms with Crippen LogP contribution in [0, 0.1) is 0 Å². The molecule has 126 valence electrons. The number of rotatable bonds is 6. The van der Waals surface area contributed by atoms with E-state index in [1.165, 1.54) is 12.8 Å². The highest BCUT2D eigenvalue weighted by Gasteiger charge is 2.42. The number of hydrogen-bond donors (Lipinski definition) is 1.